The summed E-state index contributed by atoms with van der Waals surface area (Å²) in [7, 11) is 0. The first kappa shape index (κ1) is 15.1. The summed E-state index contributed by atoms with van der Waals surface area (Å²) in [5.74, 6) is 0.783. The second-order valence-electron chi connectivity index (χ2n) is 5.89. The third kappa shape index (κ3) is 4.11. The minimum atomic E-state index is 0.468. The Morgan fingerprint density at radius 1 is 1.15 bits per heavy atom. The SMILES string of the molecule is CC(C)CCC[C@H](C)Nc1ccnc2cc(Cl)ccc12. The van der Waals surface area contributed by atoms with Gasteiger partial charge in [0, 0.05) is 28.3 Å². The molecule has 0 unspecified atom stereocenters. The van der Waals surface area contributed by atoms with Gasteiger partial charge < -0.3 is 5.32 Å². The molecule has 0 radical (unpaired) electrons. The molecule has 2 nitrogen and oxygen atoms in total. The Bertz CT molecular complexity index is 566. The van der Waals surface area contributed by atoms with Crippen LogP contribution in [0, 0.1) is 5.92 Å². The van der Waals surface area contributed by atoms with E-state index in [0.717, 1.165) is 27.5 Å². The summed E-state index contributed by atoms with van der Waals surface area (Å²) in [6, 6.07) is 8.37. The molecule has 20 heavy (non-hydrogen) atoms. The Hall–Kier alpha value is -1.28. The minimum absolute atomic E-state index is 0.468. The van der Waals surface area contributed by atoms with E-state index in [1.165, 1.54) is 19.3 Å². The Morgan fingerprint density at radius 2 is 1.95 bits per heavy atom. The molecule has 2 rings (SSSR count). The maximum absolute atomic E-state index is 6.01. The van der Waals surface area contributed by atoms with Gasteiger partial charge in [0.25, 0.3) is 0 Å². The smallest absolute Gasteiger partial charge is 0.0737 e. The summed E-state index contributed by atoms with van der Waals surface area (Å²) < 4.78 is 0. The maximum Gasteiger partial charge on any atom is 0.0737 e. The molecule has 0 saturated carbocycles. The molecule has 0 aliphatic rings. The summed E-state index contributed by atoms with van der Waals surface area (Å²) in [5, 5.41) is 5.46. The highest BCUT2D eigenvalue weighted by Gasteiger charge is 2.07. The summed E-state index contributed by atoms with van der Waals surface area (Å²) in [6.07, 6.45) is 5.58. The normalized spacial score (nSPS) is 12.8. The first-order chi connectivity index (χ1) is 9.56. The number of pyridine rings is 1. The van der Waals surface area contributed by atoms with Crippen LogP contribution in [0.1, 0.15) is 40.0 Å². The number of hydrogen-bond acceptors (Lipinski definition) is 2. The number of aromatic nitrogens is 1. The standard InChI is InChI=1S/C17H23ClN2/c1-12(2)5-4-6-13(3)20-16-9-10-19-17-11-14(18)7-8-15(16)17/h7-13H,4-6H2,1-3H3,(H,19,20)/t13-/m0/s1. The number of nitrogens with one attached hydrogen (secondary N) is 1. The fraction of sp³-hybridized carbons (Fsp3) is 0.471. The molecule has 1 heterocycles. The van der Waals surface area contributed by atoms with Crippen molar-refractivity contribution < 1.29 is 0 Å². The first-order valence-corrected chi connectivity index (χ1v) is 7.75. The Balaban J connectivity index is 2.05. The fourth-order valence-corrected chi connectivity index (χ4v) is 2.58. The van der Waals surface area contributed by atoms with Crippen LogP contribution in [0.4, 0.5) is 5.69 Å². The number of nitrogens with zero attached hydrogens (tertiary/aromatic N) is 1. The summed E-state index contributed by atoms with van der Waals surface area (Å²) in [4.78, 5) is 4.37. The first-order valence-electron chi connectivity index (χ1n) is 7.37. The van der Waals surface area contributed by atoms with Gasteiger partial charge in [0.15, 0.2) is 0 Å². The zero-order valence-electron chi connectivity index (χ0n) is 12.5. The molecular weight excluding hydrogens is 268 g/mol. The fourth-order valence-electron chi connectivity index (χ4n) is 2.42. The van der Waals surface area contributed by atoms with Crippen LogP contribution < -0.4 is 5.32 Å². The highest BCUT2D eigenvalue weighted by atomic mass is 35.5. The van der Waals surface area contributed by atoms with E-state index in [1.54, 1.807) is 0 Å². The molecule has 0 saturated heterocycles. The molecule has 0 fully saturated rings. The van der Waals surface area contributed by atoms with Gasteiger partial charge >= 0.3 is 0 Å². The van der Waals surface area contributed by atoms with Crippen LogP contribution in [0.25, 0.3) is 10.9 Å². The number of anilines is 1. The van der Waals surface area contributed by atoms with Crippen LogP contribution in [0.2, 0.25) is 5.02 Å². The lowest BCUT2D eigenvalue weighted by Crippen LogP contribution is -2.15. The Labute approximate surface area is 126 Å². The van der Waals surface area contributed by atoms with E-state index in [2.05, 4.69) is 31.1 Å². The molecule has 1 aromatic heterocycles. The van der Waals surface area contributed by atoms with Gasteiger partial charge in [-0.05, 0) is 43.5 Å². The third-order valence-corrected chi connectivity index (χ3v) is 3.76. The van der Waals surface area contributed by atoms with Crippen molar-refractivity contribution in [3.63, 3.8) is 0 Å². The molecule has 108 valence electrons. The van der Waals surface area contributed by atoms with E-state index in [0.29, 0.717) is 6.04 Å². The lowest BCUT2D eigenvalue weighted by molar-refractivity contribution is 0.520. The largest absolute Gasteiger partial charge is 0.382 e. The monoisotopic (exact) mass is 290 g/mol. The molecule has 0 aliphatic heterocycles. The van der Waals surface area contributed by atoms with Gasteiger partial charge in [-0.3, -0.25) is 4.98 Å². The minimum Gasteiger partial charge on any atom is -0.382 e. The van der Waals surface area contributed by atoms with E-state index in [1.807, 2.05) is 30.5 Å². The zero-order chi connectivity index (χ0) is 14.5. The molecule has 1 aromatic carbocycles. The summed E-state index contributed by atoms with van der Waals surface area (Å²) in [6.45, 7) is 6.79. The maximum atomic E-state index is 6.01. The second-order valence-corrected chi connectivity index (χ2v) is 6.33. The van der Waals surface area contributed by atoms with Crippen LogP contribution in [-0.2, 0) is 0 Å². The van der Waals surface area contributed by atoms with Crippen molar-refractivity contribution in [3.05, 3.63) is 35.5 Å². The second kappa shape index (κ2) is 6.94. The van der Waals surface area contributed by atoms with E-state index in [4.69, 9.17) is 11.6 Å². The Kier molecular flexibility index (Phi) is 5.24. The zero-order valence-corrected chi connectivity index (χ0v) is 13.2. The number of fused-ring (bicyclic) bond motifs is 1. The number of rotatable bonds is 6. The van der Waals surface area contributed by atoms with Crippen LogP contribution >= 0.6 is 11.6 Å². The van der Waals surface area contributed by atoms with Gasteiger partial charge in [-0.2, -0.15) is 0 Å². The Morgan fingerprint density at radius 3 is 2.70 bits per heavy atom. The third-order valence-electron chi connectivity index (χ3n) is 3.53. The lowest BCUT2D eigenvalue weighted by Gasteiger charge is -2.17. The molecular formula is C17H23ClN2. The van der Waals surface area contributed by atoms with Crippen molar-refractivity contribution in [2.75, 3.05) is 5.32 Å². The average Bonchev–Trinajstić information content (AvgIpc) is 2.38. The molecule has 0 bridgehead atoms. The molecule has 0 spiro atoms. The summed E-state index contributed by atoms with van der Waals surface area (Å²) >= 11 is 6.01. The van der Waals surface area contributed by atoms with E-state index >= 15 is 0 Å². The van der Waals surface area contributed by atoms with E-state index < -0.39 is 0 Å². The van der Waals surface area contributed by atoms with Gasteiger partial charge in [0.1, 0.15) is 0 Å². The molecule has 1 atom stereocenters. The topological polar surface area (TPSA) is 24.9 Å². The predicted octanol–water partition coefficient (Wildman–Crippen LogP) is 5.51. The highest BCUT2D eigenvalue weighted by Crippen LogP contribution is 2.25. The number of halogens is 1. The molecule has 1 N–H and O–H groups in total. The van der Waals surface area contributed by atoms with Crippen molar-refractivity contribution in [2.24, 2.45) is 5.92 Å². The van der Waals surface area contributed by atoms with Crippen molar-refractivity contribution in [2.45, 2.75) is 46.1 Å². The van der Waals surface area contributed by atoms with Crippen LogP contribution in [0.5, 0.6) is 0 Å². The van der Waals surface area contributed by atoms with E-state index in [-0.39, 0.29) is 0 Å². The molecule has 0 aliphatic carbocycles. The number of hydrogen-bond donors (Lipinski definition) is 1. The molecule has 3 heteroatoms. The van der Waals surface area contributed by atoms with Crippen LogP contribution in [-0.4, -0.2) is 11.0 Å². The van der Waals surface area contributed by atoms with Crippen LogP contribution in [0.3, 0.4) is 0 Å². The van der Waals surface area contributed by atoms with Gasteiger partial charge in [-0.1, -0.05) is 38.3 Å². The highest BCUT2D eigenvalue weighted by molar-refractivity contribution is 6.31. The van der Waals surface area contributed by atoms with Crippen LogP contribution in [0.15, 0.2) is 30.5 Å². The van der Waals surface area contributed by atoms with Crippen molar-refractivity contribution in [1.29, 1.82) is 0 Å². The summed E-state index contributed by atoms with van der Waals surface area (Å²) in [5.41, 5.74) is 2.08. The van der Waals surface area contributed by atoms with Gasteiger partial charge in [-0.25, -0.2) is 0 Å². The molecule has 2 aromatic rings. The van der Waals surface area contributed by atoms with Crippen molar-refractivity contribution >= 4 is 28.2 Å². The quantitative estimate of drug-likeness (QED) is 0.758. The van der Waals surface area contributed by atoms with Gasteiger partial charge in [0.05, 0.1) is 5.52 Å². The van der Waals surface area contributed by atoms with Crippen molar-refractivity contribution in [1.82, 2.24) is 4.98 Å². The molecule has 0 amide bonds. The van der Waals surface area contributed by atoms with Gasteiger partial charge in [-0.15, -0.1) is 0 Å². The number of benzene rings is 1. The van der Waals surface area contributed by atoms with E-state index in [9.17, 15) is 0 Å². The van der Waals surface area contributed by atoms with Crippen molar-refractivity contribution in [3.8, 4) is 0 Å². The lowest BCUT2D eigenvalue weighted by atomic mass is 10.0. The average molecular weight is 291 g/mol. The van der Waals surface area contributed by atoms with Gasteiger partial charge in [0.2, 0.25) is 0 Å². The predicted molar refractivity (Wildman–Crippen MR) is 88.5 cm³/mol.